The van der Waals surface area contributed by atoms with Crippen LogP contribution in [-0.4, -0.2) is 47.8 Å². The Morgan fingerprint density at radius 3 is 1.00 bits per heavy atom. The van der Waals surface area contributed by atoms with Crippen LogP contribution in [0.3, 0.4) is 0 Å². The summed E-state index contributed by atoms with van der Waals surface area (Å²) in [6, 6.07) is 95.7. The lowest BCUT2D eigenvalue weighted by Crippen LogP contribution is -2.33. The lowest BCUT2D eigenvalue weighted by molar-refractivity contribution is -0.401. The fraction of sp³-hybridized carbons (Fsp3) is 0.213. The van der Waals surface area contributed by atoms with Gasteiger partial charge in [0.25, 0.3) is 0 Å². The molecule has 4 heterocycles. The number of rotatable bonds is 16. The van der Waals surface area contributed by atoms with Crippen LogP contribution in [0.15, 0.2) is 303 Å². The highest BCUT2D eigenvalue weighted by atomic mass is 15.2. The minimum Gasteiger partial charge on any atom is -0.344 e. The maximum absolute atomic E-state index is 2.58. The average molecular weight is 1270 g/mol. The Hall–Kier alpha value is -10.4. The molecule has 4 unspecified atom stereocenters. The molecule has 4 atom stereocenters. The Balaban J connectivity index is 0.834. The van der Waals surface area contributed by atoms with Crippen molar-refractivity contribution in [3.8, 4) is 0 Å². The van der Waals surface area contributed by atoms with E-state index in [1.807, 2.05) is 0 Å². The summed E-state index contributed by atoms with van der Waals surface area (Å²) in [7, 11) is 4.65. The summed E-state index contributed by atoms with van der Waals surface area (Å²) in [5.74, 6) is 0.0291. The van der Waals surface area contributed by atoms with Gasteiger partial charge in [0.2, 0.25) is 11.4 Å². The van der Waals surface area contributed by atoms with E-state index < -0.39 is 0 Å². The van der Waals surface area contributed by atoms with Crippen molar-refractivity contribution in [2.75, 3.05) is 37.0 Å². The molecule has 4 nitrogen and oxygen atoms in total. The van der Waals surface area contributed by atoms with Gasteiger partial charge >= 0.3 is 0 Å². The van der Waals surface area contributed by atoms with Gasteiger partial charge in [-0.3, -0.25) is 0 Å². The first kappa shape index (κ1) is 62.4. The predicted molar refractivity (Wildman–Crippen MR) is 415 cm³/mol. The molecule has 4 heteroatoms. The van der Waals surface area contributed by atoms with Gasteiger partial charge in [-0.2, -0.15) is 9.15 Å². The van der Waals surface area contributed by atoms with Gasteiger partial charge in [-0.1, -0.05) is 250 Å². The van der Waals surface area contributed by atoms with E-state index in [2.05, 4.69) is 373 Å². The van der Waals surface area contributed by atoms with Gasteiger partial charge in [-0.15, -0.1) is 0 Å². The van der Waals surface area contributed by atoms with Gasteiger partial charge in [0.1, 0.15) is 14.1 Å². The van der Waals surface area contributed by atoms with E-state index in [-0.39, 0.29) is 27.6 Å². The van der Waals surface area contributed by atoms with Gasteiger partial charge in [0.15, 0.2) is 11.4 Å². The molecular formula is C94H88N4+2. The van der Waals surface area contributed by atoms with Crippen LogP contribution in [0.25, 0.3) is 43.1 Å². The number of fused-ring (bicyclic) bond motifs is 12. The molecule has 12 aromatic rings. The molecule has 0 radical (unpaired) electrons. The highest BCUT2D eigenvalue weighted by Crippen LogP contribution is 2.56. The number of anilines is 2. The van der Waals surface area contributed by atoms with E-state index in [0.717, 1.165) is 38.8 Å². The third-order valence-electron chi connectivity index (χ3n) is 23.2. The maximum Gasteiger partial charge on any atom is 0.210 e. The molecule has 482 valence electrons. The lowest BCUT2D eigenvalue weighted by atomic mass is 9.71. The Morgan fingerprint density at radius 2 is 0.653 bits per heavy atom. The molecule has 16 rings (SSSR count). The number of allylic oxidation sites excluding steroid dienone is 8. The molecule has 0 aromatic heterocycles. The molecule has 0 N–H and O–H groups in total. The van der Waals surface area contributed by atoms with Crippen molar-refractivity contribution in [1.29, 1.82) is 0 Å². The van der Waals surface area contributed by atoms with E-state index in [1.165, 1.54) is 144 Å². The molecule has 0 bridgehead atoms. The predicted octanol–water partition coefficient (Wildman–Crippen LogP) is 21.9. The SMILES string of the molecule is CCN1/C(=C/C=C/C2=[N+](C)c3cc(C(C)c4cc5c(c6ccccc46)C(C)(Cc4ccccc4)C(/C=C/C=C4/N(CC)c6ccc7ccccc7c6C4(C)Cc4ccccc4)=[N+]5C)c4ccccc4c3C2(C)Cc2ccccc2)C(C)(Cc2ccccc2)c2c1ccc1ccccc21. The van der Waals surface area contributed by atoms with Crippen molar-refractivity contribution in [3.63, 3.8) is 0 Å². The second kappa shape index (κ2) is 24.6. The Kier molecular flexibility index (Phi) is 15.7. The van der Waals surface area contributed by atoms with Crippen LogP contribution in [0.5, 0.6) is 0 Å². The van der Waals surface area contributed by atoms with Crippen LogP contribution in [0, 0.1) is 0 Å². The first-order valence-electron chi connectivity index (χ1n) is 35.6. The first-order valence-corrected chi connectivity index (χ1v) is 35.6. The van der Waals surface area contributed by atoms with Gasteiger partial charge in [0, 0.05) is 88.0 Å². The van der Waals surface area contributed by atoms with E-state index in [9.17, 15) is 0 Å². The van der Waals surface area contributed by atoms with Crippen molar-refractivity contribution in [2.45, 2.75) is 102 Å². The summed E-state index contributed by atoms with van der Waals surface area (Å²) in [5, 5.41) is 10.5. The minimum absolute atomic E-state index is 0.0291. The zero-order valence-electron chi connectivity index (χ0n) is 58.3. The first-order chi connectivity index (χ1) is 47.8. The second-order valence-corrected chi connectivity index (χ2v) is 29.1. The largest absolute Gasteiger partial charge is 0.344 e. The van der Waals surface area contributed by atoms with E-state index in [1.54, 1.807) is 0 Å². The van der Waals surface area contributed by atoms with Crippen LogP contribution in [0.4, 0.5) is 22.7 Å². The molecule has 98 heavy (non-hydrogen) atoms. The van der Waals surface area contributed by atoms with E-state index >= 15 is 0 Å². The highest BCUT2D eigenvalue weighted by molar-refractivity contribution is 6.11. The molecule has 0 aliphatic carbocycles. The average Bonchev–Trinajstić information content (AvgIpc) is 1.55. The summed E-state index contributed by atoms with van der Waals surface area (Å²) < 4.78 is 5.08. The van der Waals surface area contributed by atoms with Crippen molar-refractivity contribution >= 4 is 77.3 Å². The fourth-order valence-electron chi connectivity index (χ4n) is 18.9. The number of nitrogens with zero attached hydrogens (tertiary/aromatic N) is 4. The van der Waals surface area contributed by atoms with Crippen LogP contribution in [0.2, 0.25) is 0 Å². The van der Waals surface area contributed by atoms with Gasteiger partial charge in [0.05, 0.1) is 10.8 Å². The second-order valence-electron chi connectivity index (χ2n) is 29.1. The summed E-state index contributed by atoms with van der Waals surface area (Å²) in [6.45, 7) is 18.8. The van der Waals surface area contributed by atoms with Crippen molar-refractivity contribution < 1.29 is 9.15 Å². The van der Waals surface area contributed by atoms with Crippen LogP contribution < -0.4 is 9.80 Å². The molecule has 0 amide bonds. The zero-order chi connectivity index (χ0) is 67.1. The van der Waals surface area contributed by atoms with Gasteiger partial charge < -0.3 is 9.80 Å². The van der Waals surface area contributed by atoms with Gasteiger partial charge in [-0.25, -0.2) is 0 Å². The number of hydrogen-bond donors (Lipinski definition) is 0. The molecule has 4 aliphatic heterocycles. The zero-order valence-corrected chi connectivity index (χ0v) is 58.3. The number of benzene rings is 12. The van der Waals surface area contributed by atoms with Crippen molar-refractivity contribution in [1.82, 2.24) is 0 Å². The monoisotopic (exact) mass is 1270 g/mol. The Labute approximate surface area is 579 Å². The van der Waals surface area contributed by atoms with Crippen LogP contribution in [-0.2, 0) is 47.3 Å². The topological polar surface area (TPSA) is 12.5 Å². The number of hydrogen-bond acceptors (Lipinski definition) is 2. The van der Waals surface area contributed by atoms with Crippen LogP contribution >= 0.6 is 0 Å². The quantitative estimate of drug-likeness (QED) is 0.0894. The fourth-order valence-corrected chi connectivity index (χ4v) is 18.9. The summed E-state index contributed by atoms with van der Waals surface area (Å²) in [5.41, 5.74) is 22.7. The van der Waals surface area contributed by atoms with Crippen molar-refractivity contribution in [2.24, 2.45) is 0 Å². The summed E-state index contributed by atoms with van der Waals surface area (Å²) >= 11 is 0. The molecule has 4 aliphatic rings. The van der Waals surface area contributed by atoms with Gasteiger partial charge in [-0.05, 0) is 179 Å². The summed E-state index contributed by atoms with van der Waals surface area (Å²) in [6.07, 6.45) is 18.1. The molecule has 12 aromatic carbocycles. The molecule has 0 saturated carbocycles. The van der Waals surface area contributed by atoms with Crippen LogP contribution in [0.1, 0.15) is 110 Å². The highest BCUT2D eigenvalue weighted by Gasteiger charge is 2.52. The maximum atomic E-state index is 2.58. The molecule has 0 fully saturated rings. The lowest BCUT2D eigenvalue weighted by Gasteiger charge is -2.30. The molecule has 0 saturated heterocycles. The smallest absolute Gasteiger partial charge is 0.210 e. The number of likely N-dealkylation sites (N-methyl/N-ethyl adjacent to an activating group) is 2. The standard InChI is InChI=1S/C94H88N4/c1-10-97-79-56-54-69-42-24-26-44-71(69)87(79)93(6,62-67-38-20-14-21-39-67)85(97)52-32-50-83-91(4,60-65-34-16-12-17-35-65)89-75-48-30-28-46-73(75)77(58-81(89)95(83)8)64(3)78-59-82-90(76-49-31-29-47-74(76)78)92(5,61-66-36-18-13-19-37-66)84(96(82)9)51-33-53-86-94(7,63-68-40-22-15-23-41-68)88-72-45-27-25-43-70(72)55-57-80(88)98(86)11-2/h12-59,64H,10-11,60-63H2,1-9H3/q+2. The van der Waals surface area contributed by atoms with E-state index in [4.69, 9.17) is 0 Å². The van der Waals surface area contributed by atoms with E-state index in [0.29, 0.717) is 0 Å². The Morgan fingerprint density at radius 1 is 0.347 bits per heavy atom. The Bertz CT molecular complexity index is 5010. The molecule has 0 spiro atoms. The normalized spacial score (nSPS) is 21.5. The summed E-state index contributed by atoms with van der Waals surface area (Å²) in [4.78, 5) is 5.16. The minimum atomic E-state index is -0.373. The van der Waals surface area contributed by atoms with Crippen molar-refractivity contribution in [3.05, 3.63) is 358 Å². The molecular weight excluding hydrogens is 1190 g/mol. The third kappa shape index (κ3) is 9.99. The third-order valence-corrected chi connectivity index (χ3v) is 23.2.